The van der Waals surface area contributed by atoms with Gasteiger partial charge >= 0.3 is 5.69 Å². The van der Waals surface area contributed by atoms with Gasteiger partial charge in [0.1, 0.15) is 0 Å². The molecule has 2 heterocycles. The van der Waals surface area contributed by atoms with Gasteiger partial charge in [0, 0.05) is 31.9 Å². The van der Waals surface area contributed by atoms with Gasteiger partial charge in [-0.25, -0.2) is 9.78 Å². The zero-order valence-corrected chi connectivity index (χ0v) is 18.4. The van der Waals surface area contributed by atoms with E-state index in [4.69, 9.17) is 5.73 Å². The summed E-state index contributed by atoms with van der Waals surface area (Å²) in [6.45, 7) is 8.37. The summed E-state index contributed by atoms with van der Waals surface area (Å²) in [5.41, 5.74) is 5.71. The molecule has 0 spiro atoms. The minimum atomic E-state index is -0.600. The van der Waals surface area contributed by atoms with Gasteiger partial charge in [-0.1, -0.05) is 20.8 Å². The highest BCUT2D eigenvalue weighted by atomic mass is 35.5. The number of carbonyl (C=O) groups excluding carboxylic acids is 1. The number of halogens is 2. The summed E-state index contributed by atoms with van der Waals surface area (Å²) in [5.74, 6) is -0.280. The fraction of sp³-hybridized carbons (Fsp3) is 0.556. The van der Waals surface area contributed by atoms with Crippen LogP contribution in [0.25, 0.3) is 11.0 Å². The number of pyridine rings is 1. The zero-order chi connectivity index (χ0) is 19.6. The van der Waals surface area contributed by atoms with E-state index >= 15 is 0 Å². The predicted octanol–water partition coefficient (Wildman–Crippen LogP) is 1.88. The molecule has 0 fully saturated rings. The van der Waals surface area contributed by atoms with Crippen molar-refractivity contribution in [3.05, 3.63) is 38.2 Å². The summed E-state index contributed by atoms with van der Waals surface area (Å²) in [6, 6.07) is 1.46. The topological polar surface area (TPSA) is 114 Å². The first-order valence-corrected chi connectivity index (χ1v) is 8.87. The lowest BCUT2D eigenvalue weighted by Gasteiger charge is -2.24. The number of nitrogens with zero attached hydrogens (tertiary/aromatic N) is 3. The summed E-state index contributed by atoms with van der Waals surface area (Å²) < 4.78 is 1.42. The minimum absolute atomic E-state index is 0. The summed E-state index contributed by atoms with van der Waals surface area (Å²) >= 11 is 0. The first kappa shape index (κ1) is 26.1. The summed E-state index contributed by atoms with van der Waals surface area (Å²) in [4.78, 5) is 46.2. The number of fused-ring (bicyclic) bond motifs is 1. The number of likely N-dealkylation sites (N-methyl/N-ethyl adjacent to an activating group) is 1. The Morgan fingerprint density at radius 2 is 1.89 bits per heavy atom. The lowest BCUT2D eigenvalue weighted by atomic mass is 10.0. The number of amides is 1. The molecule has 10 heteroatoms. The number of carbonyl (C=O) groups is 1. The molecule has 28 heavy (non-hydrogen) atoms. The van der Waals surface area contributed by atoms with Crippen molar-refractivity contribution >= 4 is 41.8 Å². The Kier molecular flexibility index (Phi) is 9.87. The Bertz CT molecular complexity index is 939. The fourth-order valence-electron chi connectivity index (χ4n) is 2.74. The number of rotatable bonds is 6. The summed E-state index contributed by atoms with van der Waals surface area (Å²) in [5, 5.41) is 0.142. The Morgan fingerprint density at radius 3 is 2.39 bits per heavy atom. The molecule has 1 unspecified atom stereocenters. The molecular weight excluding hydrogens is 405 g/mol. The summed E-state index contributed by atoms with van der Waals surface area (Å²) in [6.07, 6.45) is 0.696. The van der Waals surface area contributed by atoms with Crippen LogP contribution in [0.4, 0.5) is 0 Å². The number of aromatic amines is 1. The van der Waals surface area contributed by atoms with Crippen LogP contribution < -0.4 is 17.0 Å². The molecule has 158 valence electrons. The van der Waals surface area contributed by atoms with Crippen molar-refractivity contribution in [2.75, 3.05) is 13.6 Å². The molecule has 0 aliphatic carbocycles. The molecular formula is C18H29Cl2N5O3. The number of H-pyrrole nitrogens is 1. The summed E-state index contributed by atoms with van der Waals surface area (Å²) in [7, 11) is 1.65. The van der Waals surface area contributed by atoms with Crippen LogP contribution in [-0.4, -0.2) is 45.0 Å². The average Bonchev–Trinajstić information content (AvgIpc) is 2.61. The van der Waals surface area contributed by atoms with Crippen LogP contribution in [-0.2, 0) is 6.54 Å². The van der Waals surface area contributed by atoms with E-state index in [1.807, 2.05) is 27.7 Å². The highest BCUT2D eigenvalue weighted by Gasteiger charge is 2.24. The van der Waals surface area contributed by atoms with Crippen molar-refractivity contribution < 1.29 is 4.79 Å². The molecule has 8 nitrogen and oxygen atoms in total. The van der Waals surface area contributed by atoms with E-state index in [0.29, 0.717) is 25.2 Å². The molecule has 2 rings (SSSR count). The zero-order valence-electron chi connectivity index (χ0n) is 16.8. The molecule has 0 saturated heterocycles. The number of nitrogens with one attached hydrogen (secondary N) is 1. The van der Waals surface area contributed by atoms with E-state index in [1.165, 1.54) is 9.47 Å². The van der Waals surface area contributed by atoms with Crippen LogP contribution in [0.5, 0.6) is 0 Å². The molecule has 2 aromatic heterocycles. The Morgan fingerprint density at radius 1 is 1.29 bits per heavy atom. The third kappa shape index (κ3) is 4.92. The number of hydrogen-bond donors (Lipinski definition) is 2. The molecule has 1 amide bonds. The maximum Gasteiger partial charge on any atom is 0.329 e. The van der Waals surface area contributed by atoms with Crippen LogP contribution in [0.1, 0.15) is 56.1 Å². The maximum absolute atomic E-state index is 13.0. The number of aryl methyl sites for hydroxylation is 1. The maximum atomic E-state index is 13.0. The van der Waals surface area contributed by atoms with E-state index in [0.717, 1.165) is 0 Å². The van der Waals surface area contributed by atoms with Gasteiger partial charge in [-0.15, -0.1) is 24.8 Å². The van der Waals surface area contributed by atoms with Gasteiger partial charge in [0.15, 0.2) is 5.65 Å². The molecule has 2 aromatic rings. The van der Waals surface area contributed by atoms with E-state index in [9.17, 15) is 14.4 Å². The van der Waals surface area contributed by atoms with Crippen molar-refractivity contribution in [1.29, 1.82) is 0 Å². The Labute approximate surface area is 176 Å². The van der Waals surface area contributed by atoms with Crippen LogP contribution in [0.3, 0.4) is 0 Å². The van der Waals surface area contributed by atoms with Gasteiger partial charge in [-0.05, 0) is 25.3 Å². The average molecular weight is 434 g/mol. The fourth-order valence-corrected chi connectivity index (χ4v) is 2.74. The van der Waals surface area contributed by atoms with Crippen LogP contribution in [0, 0.1) is 0 Å². The molecule has 3 N–H and O–H groups in total. The highest BCUT2D eigenvalue weighted by Crippen LogP contribution is 2.21. The van der Waals surface area contributed by atoms with Crippen molar-refractivity contribution in [1.82, 2.24) is 19.4 Å². The van der Waals surface area contributed by atoms with Gasteiger partial charge in [-0.3, -0.25) is 19.1 Å². The van der Waals surface area contributed by atoms with Gasteiger partial charge in [0.25, 0.3) is 11.5 Å². The normalized spacial score (nSPS) is 11.7. The Hall–Kier alpha value is -1.90. The van der Waals surface area contributed by atoms with Crippen molar-refractivity contribution in [2.24, 2.45) is 5.73 Å². The van der Waals surface area contributed by atoms with E-state index < -0.39 is 11.2 Å². The smallest absolute Gasteiger partial charge is 0.329 e. The van der Waals surface area contributed by atoms with Crippen molar-refractivity contribution in [3.63, 3.8) is 0 Å². The number of hydrogen-bond acceptors (Lipinski definition) is 5. The number of aromatic nitrogens is 3. The van der Waals surface area contributed by atoms with Crippen LogP contribution in [0.15, 0.2) is 15.7 Å². The third-order valence-electron chi connectivity index (χ3n) is 4.56. The van der Waals surface area contributed by atoms with Gasteiger partial charge in [0.2, 0.25) is 0 Å². The molecule has 0 aliphatic heterocycles. The highest BCUT2D eigenvalue weighted by molar-refractivity contribution is 6.05. The second-order valence-electron chi connectivity index (χ2n) is 6.86. The molecule has 0 aromatic carbocycles. The molecule has 1 atom stereocenters. The second-order valence-corrected chi connectivity index (χ2v) is 6.86. The number of nitrogens with two attached hydrogens (primary N) is 1. The first-order valence-electron chi connectivity index (χ1n) is 8.87. The standard InChI is InChI=1S/C18H27N5O3.2ClH/c1-6-7-23-15-14(16(24)21-18(23)26)12(8-13(20-15)10(2)3)17(25)22(5)11(4)9-19;;/h8,10-11H,6-7,9,19H2,1-5H3,(H,21,24,26);2*1H. The van der Waals surface area contributed by atoms with Crippen LogP contribution in [0.2, 0.25) is 0 Å². The second kappa shape index (κ2) is 10.6. The van der Waals surface area contributed by atoms with E-state index in [1.54, 1.807) is 13.1 Å². The molecule has 0 saturated carbocycles. The van der Waals surface area contributed by atoms with Gasteiger partial charge < -0.3 is 10.6 Å². The first-order chi connectivity index (χ1) is 12.2. The van der Waals surface area contributed by atoms with Gasteiger partial charge in [-0.2, -0.15) is 0 Å². The lowest BCUT2D eigenvalue weighted by Crippen LogP contribution is -2.40. The molecule has 0 aliphatic rings. The quantitative estimate of drug-likeness (QED) is 0.721. The van der Waals surface area contributed by atoms with Crippen molar-refractivity contribution in [2.45, 2.75) is 52.6 Å². The van der Waals surface area contributed by atoms with E-state index in [-0.39, 0.29) is 59.3 Å². The minimum Gasteiger partial charge on any atom is -0.338 e. The molecule has 0 radical (unpaired) electrons. The third-order valence-corrected chi connectivity index (χ3v) is 4.56. The lowest BCUT2D eigenvalue weighted by molar-refractivity contribution is 0.0750. The van der Waals surface area contributed by atoms with Gasteiger partial charge in [0.05, 0.1) is 10.9 Å². The molecule has 0 bridgehead atoms. The predicted molar refractivity (Wildman–Crippen MR) is 116 cm³/mol. The van der Waals surface area contributed by atoms with E-state index in [2.05, 4.69) is 9.97 Å². The van der Waals surface area contributed by atoms with Crippen molar-refractivity contribution in [3.8, 4) is 0 Å². The largest absolute Gasteiger partial charge is 0.338 e. The SMILES string of the molecule is CCCn1c(=O)[nH]c(=O)c2c(C(=O)N(C)C(C)CN)cc(C(C)C)nc21.Cl.Cl. The Balaban J connectivity index is 0.00000364. The monoisotopic (exact) mass is 433 g/mol. The van der Waals surface area contributed by atoms with Crippen LogP contribution >= 0.6 is 24.8 Å².